The number of nitrogens with two attached hydrogens (primary N) is 1. The predicted molar refractivity (Wildman–Crippen MR) is 75.5 cm³/mol. The maximum Gasteiger partial charge on any atom is 0.156 e. The highest BCUT2D eigenvalue weighted by Crippen LogP contribution is 2.13. The van der Waals surface area contributed by atoms with Gasteiger partial charge in [0.2, 0.25) is 0 Å². The number of aldehydes is 1. The molecule has 2 N–H and O–H groups in total. The number of hydrogen-bond acceptors (Lipinski definition) is 4. The summed E-state index contributed by atoms with van der Waals surface area (Å²) in [6.07, 6.45) is 2.33. The zero-order valence-corrected chi connectivity index (χ0v) is 11.5. The van der Waals surface area contributed by atoms with Gasteiger partial charge >= 0.3 is 0 Å². The van der Waals surface area contributed by atoms with Crippen LogP contribution in [0.4, 0.5) is 5.82 Å². The molecule has 5 nitrogen and oxygen atoms in total. The lowest BCUT2D eigenvalue weighted by molar-refractivity contribution is 0.112. The van der Waals surface area contributed by atoms with Gasteiger partial charge in [-0.15, -0.1) is 0 Å². The number of ether oxygens (including phenoxy) is 1. The van der Waals surface area contributed by atoms with Crippen LogP contribution in [0.1, 0.15) is 29.8 Å². The quantitative estimate of drug-likeness (QED) is 0.858. The Hall–Kier alpha value is -2.30. The molecule has 0 bridgehead atoms. The van der Waals surface area contributed by atoms with Crippen LogP contribution in [-0.4, -0.2) is 23.2 Å². The molecule has 0 saturated heterocycles. The van der Waals surface area contributed by atoms with E-state index in [1.54, 1.807) is 18.0 Å². The van der Waals surface area contributed by atoms with E-state index in [9.17, 15) is 4.79 Å². The summed E-state index contributed by atoms with van der Waals surface area (Å²) >= 11 is 0. The Bertz CT molecular complexity index is 518. The van der Waals surface area contributed by atoms with Gasteiger partial charge in [0.1, 0.15) is 5.75 Å². The third-order valence-corrected chi connectivity index (χ3v) is 2.45. The van der Waals surface area contributed by atoms with E-state index in [1.807, 2.05) is 38.1 Å². The zero-order valence-electron chi connectivity index (χ0n) is 11.5. The van der Waals surface area contributed by atoms with Crippen molar-refractivity contribution >= 4 is 12.1 Å². The fourth-order valence-corrected chi connectivity index (χ4v) is 1.54. The molecular weight excluding hydrogens is 242 g/mol. The van der Waals surface area contributed by atoms with Crippen molar-refractivity contribution in [1.82, 2.24) is 9.78 Å². The predicted octanol–water partition coefficient (Wildman–Crippen LogP) is 2.36. The Morgan fingerprint density at radius 1 is 1.32 bits per heavy atom. The van der Waals surface area contributed by atoms with Crippen molar-refractivity contribution in [3.63, 3.8) is 0 Å². The highest BCUT2D eigenvalue weighted by molar-refractivity contribution is 5.81. The average Bonchev–Trinajstić information content (AvgIpc) is 2.82. The zero-order chi connectivity index (χ0) is 14.3. The fourth-order valence-electron chi connectivity index (χ4n) is 1.54. The fraction of sp³-hybridized carbons (Fsp3) is 0.286. The van der Waals surface area contributed by atoms with Crippen LogP contribution >= 0.6 is 0 Å². The summed E-state index contributed by atoms with van der Waals surface area (Å²) in [5.74, 6) is 1.07. The molecule has 0 fully saturated rings. The lowest BCUT2D eigenvalue weighted by Gasteiger charge is -2.03. The molecular formula is C14H19N3O2. The van der Waals surface area contributed by atoms with Gasteiger partial charge in [-0.05, 0) is 17.7 Å². The number of carbonyl (C=O) groups excluding carboxylic acids is 1. The molecule has 0 aliphatic carbocycles. The number of hydrogen-bond donors (Lipinski definition) is 1. The van der Waals surface area contributed by atoms with Crippen LogP contribution in [0.25, 0.3) is 0 Å². The topological polar surface area (TPSA) is 70.1 Å². The van der Waals surface area contributed by atoms with E-state index < -0.39 is 0 Å². The Labute approximate surface area is 113 Å². The molecule has 0 saturated carbocycles. The molecule has 0 aliphatic rings. The summed E-state index contributed by atoms with van der Waals surface area (Å²) in [4.78, 5) is 10.6. The van der Waals surface area contributed by atoms with Crippen LogP contribution in [-0.2, 0) is 6.54 Å². The van der Waals surface area contributed by atoms with Crippen molar-refractivity contribution in [3.05, 3.63) is 41.6 Å². The van der Waals surface area contributed by atoms with Crippen molar-refractivity contribution in [1.29, 1.82) is 0 Å². The van der Waals surface area contributed by atoms with Crippen molar-refractivity contribution in [2.75, 3.05) is 12.8 Å². The first-order chi connectivity index (χ1) is 9.22. The SMILES string of the molecule is CC.COc1ccc(Cn2cc(C=O)c(N)n2)cc1. The number of benzene rings is 1. The smallest absolute Gasteiger partial charge is 0.156 e. The summed E-state index contributed by atoms with van der Waals surface area (Å²) in [6.45, 7) is 4.57. The standard InChI is InChI=1S/C12H13N3O2.C2H6/c1-17-11-4-2-9(3-5-11)6-15-7-10(8-16)12(13)14-15;1-2/h2-5,7-8H,6H2,1H3,(H2,13,14);1-2H3. The minimum Gasteiger partial charge on any atom is -0.497 e. The van der Waals surface area contributed by atoms with Crippen LogP contribution in [0.2, 0.25) is 0 Å². The first-order valence-corrected chi connectivity index (χ1v) is 6.14. The van der Waals surface area contributed by atoms with Gasteiger partial charge in [0.25, 0.3) is 0 Å². The molecule has 1 aromatic heterocycles. The van der Waals surface area contributed by atoms with E-state index in [4.69, 9.17) is 10.5 Å². The number of nitrogens with zero attached hydrogens (tertiary/aromatic N) is 2. The van der Waals surface area contributed by atoms with E-state index in [0.29, 0.717) is 18.4 Å². The van der Waals surface area contributed by atoms with E-state index in [0.717, 1.165) is 11.3 Å². The summed E-state index contributed by atoms with van der Waals surface area (Å²) in [5.41, 5.74) is 7.04. The van der Waals surface area contributed by atoms with Crippen LogP contribution in [0.5, 0.6) is 5.75 Å². The van der Waals surface area contributed by atoms with Crippen LogP contribution in [0.15, 0.2) is 30.5 Å². The first-order valence-electron chi connectivity index (χ1n) is 6.14. The van der Waals surface area contributed by atoms with Gasteiger partial charge in [-0.1, -0.05) is 26.0 Å². The van der Waals surface area contributed by atoms with Gasteiger partial charge in [-0.25, -0.2) is 0 Å². The molecule has 0 unspecified atom stereocenters. The second kappa shape index (κ2) is 7.20. The Balaban J connectivity index is 0.000000861. The lowest BCUT2D eigenvalue weighted by Crippen LogP contribution is -2.00. The molecule has 19 heavy (non-hydrogen) atoms. The maximum atomic E-state index is 10.6. The van der Waals surface area contributed by atoms with Gasteiger partial charge in [-0.2, -0.15) is 5.10 Å². The minimum absolute atomic E-state index is 0.258. The van der Waals surface area contributed by atoms with Crippen LogP contribution in [0, 0.1) is 0 Å². The van der Waals surface area contributed by atoms with Gasteiger partial charge < -0.3 is 10.5 Å². The van der Waals surface area contributed by atoms with Crippen molar-refractivity contribution in [2.45, 2.75) is 20.4 Å². The molecule has 0 atom stereocenters. The van der Waals surface area contributed by atoms with Gasteiger partial charge in [-0.3, -0.25) is 9.48 Å². The molecule has 0 aliphatic heterocycles. The molecule has 1 heterocycles. The minimum atomic E-state index is 0.258. The summed E-state index contributed by atoms with van der Waals surface area (Å²) in [7, 11) is 1.62. The molecule has 2 rings (SSSR count). The van der Waals surface area contributed by atoms with Crippen LogP contribution in [0.3, 0.4) is 0 Å². The monoisotopic (exact) mass is 261 g/mol. The number of nitrogen functional groups attached to an aromatic ring is 1. The van der Waals surface area contributed by atoms with E-state index in [2.05, 4.69) is 5.10 Å². The molecule has 1 aromatic carbocycles. The third-order valence-electron chi connectivity index (χ3n) is 2.45. The van der Waals surface area contributed by atoms with Gasteiger partial charge in [0, 0.05) is 6.20 Å². The summed E-state index contributed by atoms with van der Waals surface area (Å²) in [5, 5.41) is 4.05. The number of carbonyl (C=O) groups is 1. The number of methoxy groups -OCH3 is 1. The second-order valence-electron chi connectivity index (χ2n) is 3.63. The normalized spacial score (nSPS) is 9.42. The molecule has 2 aromatic rings. The molecule has 5 heteroatoms. The van der Waals surface area contributed by atoms with E-state index >= 15 is 0 Å². The molecule has 102 valence electrons. The maximum absolute atomic E-state index is 10.6. The Kier molecular flexibility index (Phi) is 5.60. The number of anilines is 1. The number of rotatable bonds is 4. The molecule has 0 spiro atoms. The Morgan fingerprint density at radius 3 is 2.42 bits per heavy atom. The summed E-state index contributed by atoms with van der Waals surface area (Å²) in [6, 6.07) is 7.64. The molecule has 0 amide bonds. The van der Waals surface area contributed by atoms with Gasteiger partial charge in [0.05, 0.1) is 19.2 Å². The van der Waals surface area contributed by atoms with E-state index in [-0.39, 0.29) is 5.82 Å². The average molecular weight is 261 g/mol. The summed E-state index contributed by atoms with van der Waals surface area (Å²) < 4.78 is 6.71. The van der Waals surface area contributed by atoms with E-state index in [1.165, 1.54) is 0 Å². The molecule has 0 radical (unpaired) electrons. The third kappa shape index (κ3) is 3.84. The van der Waals surface area contributed by atoms with Crippen LogP contribution < -0.4 is 10.5 Å². The van der Waals surface area contributed by atoms with Crippen molar-refractivity contribution in [2.24, 2.45) is 0 Å². The Morgan fingerprint density at radius 2 is 1.95 bits per heavy atom. The van der Waals surface area contributed by atoms with Gasteiger partial charge in [0.15, 0.2) is 12.1 Å². The number of aromatic nitrogens is 2. The second-order valence-corrected chi connectivity index (χ2v) is 3.63. The highest BCUT2D eigenvalue weighted by atomic mass is 16.5. The highest BCUT2D eigenvalue weighted by Gasteiger charge is 2.04. The lowest BCUT2D eigenvalue weighted by atomic mass is 10.2. The largest absolute Gasteiger partial charge is 0.497 e. The van der Waals surface area contributed by atoms with Crippen molar-refractivity contribution in [3.8, 4) is 5.75 Å². The van der Waals surface area contributed by atoms with Crippen molar-refractivity contribution < 1.29 is 9.53 Å². The first kappa shape index (κ1) is 14.8.